The largest absolute Gasteiger partial charge is 0.380 e. The minimum Gasteiger partial charge on any atom is -0.380 e. The number of hydrogen-bond acceptors (Lipinski definition) is 6. The second-order valence-corrected chi connectivity index (χ2v) is 2.77. The Kier molecular flexibility index (Phi) is 2.32. The summed E-state index contributed by atoms with van der Waals surface area (Å²) in [7, 11) is 0. The summed E-state index contributed by atoms with van der Waals surface area (Å²) in [6.45, 7) is 0. The summed E-state index contributed by atoms with van der Waals surface area (Å²) in [5.41, 5.74) is 2.37. The number of nitrogens with zero attached hydrogens (tertiary/aromatic N) is 2. The summed E-state index contributed by atoms with van der Waals surface area (Å²) in [6.07, 6.45) is 0.943. The fourth-order valence-electron chi connectivity index (χ4n) is 0.989. The number of allylic oxidation sites excluding steroid dienone is 1. The number of aliphatic hydroxyl groups excluding tert-OH is 1. The molecule has 0 radical (unpaired) electrons. The molecular formula is C6H7N3O5. The first-order valence-electron chi connectivity index (χ1n) is 3.55. The van der Waals surface area contributed by atoms with Crippen molar-refractivity contribution >= 4 is 0 Å². The topological polar surface area (TPSA) is 133 Å². The Morgan fingerprint density at radius 2 is 2.07 bits per heavy atom. The summed E-state index contributed by atoms with van der Waals surface area (Å²) in [5, 5.41) is 29.9. The fraction of sp³-hybridized carbons (Fsp3) is 0.333. The molecule has 8 heteroatoms. The maximum Gasteiger partial charge on any atom is 0.327 e. The van der Waals surface area contributed by atoms with Crippen LogP contribution in [0, 0.1) is 20.2 Å². The molecule has 2 atom stereocenters. The number of nitrogens with two attached hydrogens (primary N) is 1. The maximum atomic E-state index is 10.5. The van der Waals surface area contributed by atoms with Crippen molar-refractivity contribution in [2.75, 3.05) is 0 Å². The molecule has 0 fully saturated rings. The first-order chi connectivity index (χ1) is 6.38. The molecule has 0 bridgehead atoms. The Hall–Kier alpha value is -1.80. The summed E-state index contributed by atoms with van der Waals surface area (Å²) in [4.78, 5) is 19.0. The van der Waals surface area contributed by atoms with Crippen LogP contribution in [-0.2, 0) is 0 Å². The van der Waals surface area contributed by atoms with Crippen LogP contribution in [0.15, 0.2) is 23.9 Å². The molecular weight excluding hydrogens is 194 g/mol. The molecule has 3 N–H and O–H groups in total. The van der Waals surface area contributed by atoms with Crippen LogP contribution in [0.25, 0.3) is 0 Å². The molecule has 2 unspecified atom stereocenters. The monoisotopic (exact) mass is 201 g/mol. The van der Waals surface area contributed by atoms with Gasteiger partial charge in [0.15, 0.2) is 6.10 Å². The molecule has 0 aromatic rings. The molecule has 1 aliphatic rings. The zero-order chi connectivity index (χ0) is 10.9. The van der Waals surface area contributed by atoms with Crippen molar-refractivity contribution in [3.63, 3.8) is 0 Å². The van der Waals surface area contributed by atoms with Crippen molar-refractivity contribution in [1.29, 1.82) is 0 Å². The summed E-state index contributed by atoms with van der Waals surface area (Å²) < 4.78 is 0. The van der Waals surface area contributed by atoms with Crippen LogP contribution in [0.4, 0.5) is 0 Å². The lowest BCUT2D eigenvalue weighted by Crippen LogP contribution is -2.56. The molecule has 76 valence electrons. The van der Waals surface area contributed by atoms with Crippen LogP contribution in [0.5, 0.6) is 0 Å². The predicted octanol–water partition coefficient (Wildman–Crippen LogP) is -0.991. The number of rotatable bonds is 2. The lowest BCUT2D eigenvalue weighted by Gasteiger charge is -2.21. The molecule has 0 aromatic heterocycles. The Morgan fingerprint density at radius 1 is 1.50 bits per heavy atom. The van der Waals surface area contributed by atoms with Crippen LogP contribution in [0.2, 0.25) is 0 Å². The second kappa shape index (κ2) is 3.16. The first-order valence-corrected chi connectivity index (χ1v) is 3.55. The minimum absolute atomic E-state index is 0.505. The summed E-state index contributed by atoms with van der Waals surface area (Å²) in [6, 6.07) is 0. The summed E-state index contributed by atoms with van der Waals surface area (Å²) in [5.74, 6) is 0. The van der Waals surface area contributed by atoms with Crippen molar-refractivity contribution in [2.45, 2.75) is 11.8 Å². The second-order valence-electron chi connectivity index (χ2n) is 2.77. The van der Waals surface area contributed by atoms with Gasteiger partial charge in [-0.25, -0.2) is 0 Å². The van der Waals surface area contributed by atoms with E-state index in [1.807, 2.05) is 0 Å². The Labute approximate surface area is 77.6 Å². The van der Waals surface area contributed by atoms with Crippen molar-refractivity contribution in [1.82, 2.24) is 0 Å². The highest BCUT2D eigenvalue weighted by molar-refractivity contribution is 5.25. The highest BCUT2D eigenvalue weighted by Crippen LogP contribution is 2.20. The molecule has 1 rings (SSSR count). The third-order valence-electron chi connectivity index (χ3n) is 1.83. The van der Waals surface area contributed by atoms with E-state index in [1.165, 1.54) is 0 Å². The molecule has 14 heavy (non-hydrogen) atoms. The van der Waals surface area contributed by atoms with Gasteiger partial charge in [-0.3, -0.25) is 26.0 Å². The van der Waals surface area contributed by atoms with Crippen LogP contribution in [0.1, 0.15) is 0 Å². The van der Waals surface area contributed by atoms with Gasteiger partial charge in [0.2, 0.25) is 0 Å². The van der Waals surface area contributed by atoms with Gasteiger partial charge in [-0.05, 0) is 6.08 Å². The van der Waals surface area contributed by atoms with Gasteiger partial charge in [0.05, 0.1) is 15.9 Å². The Morgan fingerprint density at radius 3 is 2.50 bits per heavy atom. The number of aliphatic hydroxyl groups is 1. The van der Waals surface area contributed by atoms with Crippen LogP contribution in [0.3, 0.4) is 0 Å². The average Bonchev–Trinajstić information content (AvgIpc) is 2.09. The molecule has 0 saturated heterocycles. The van der Waals surface area contributed by atoms with Crippen molar-refractivity contribution in [3.8, 4) is 0 Å². The van der Waals surface area contributed by atoms with E-state index < -0.39 is 27.3 Å². The van der Waals surface area contributed by atoms with E-state index in [9.17, 15) is 25.3 Å². The van der Waals surface area contributed by atoms with E-state index in [0.29, 0.717) is 6.08 Å². The normalized spacial score (nSPS) is 31.0. The predicted molar refractivity (Wildman–Crippen MR) is 44.1 cm³/mol. The molecule has 0 amide bonds. The maximum absolute atomic E-state index is 10.5. The lowest BCUT2D eigenvalue weighted by atomic mass is 9.98. The standard InChI is InChI=1S/C6H7N3O5/c7-6(9(13)14)3-4(8(11)12)1-2-5(6)10/h1-3,5,10H,7H2. The quantitative estimate of drug-likeness (QED) is 0.334. The molecule has 8 nitrogen and oxygen atoms in total. The molecule has 0 heterocycles. The fourth-order valence-corrected chi connectivity index (χ4v) is 0.989. The van der Waals surface area contributed by atoms with E-state index in [0.717, 1.165) is 12.2 Å². The van der Waals surface area contributed by atoms with Gasteiger partial charge in [-0.2, -0.15) is 0 Å². The molecule has 0 aromatic carbocycles. The summed E-state index contributed by atoms with van der Waals surface area (Å²) >= 11 is 0. The molecule has 0 aliphatic heterocycles. The van der Waals surface area contributed by atoms with Crippen molar-refractivity contribution < 1.29 is 15.0 Å². The zero-order valence-electron chi connectivity index (χ0n) is 6.86. The third kappa shape index (κ3) is 1.47. The van der Waals surface area contributed by atoms with Crippen LogP contribution in [-0.4, -0.2) is 26.7 Å². The number of hydrogen-bond donors (Lipinski definition) is 2. The Balaban J connectivity index is 3.14. The zero-order valence-corrected chi connectivity index (χ0v) is 6.86. The van der Waals surface area contributed by atoms with E-state index in [1.54, 1.807) is 0 Å². The van der Waals surface area contributed by atoms with Crippen LogP contribution < -0.4 is 5.73 Å². The van der Waals surface area contributed by atoms with Crippen molar-refractivity contribution in [2.24, 2.45) is 5.73 Å². The average molecular weight is 201 g/mol. The van der Waals surface area contributed by atoms with E-state index >= 15 is 0 Å². The van der Waals surface area contributed by atoms with E-state index in [4.69, 9.17) is 5.73 Å². The highest BCUT2D eigenvalue weighted by atomic mass is 16.6. The van der Waals surface area contributed by atoms with Gasteiger partial charge < -0.3 is 5.11 Å². The Bertz CT molecular complexity index is 349. The van der Waals surface area contributed by atoms with E-state index in [2.05, 4.69) is 0 Å². The van der Waals surface area contributed by atoms with Gasteiger partial charge in [-0.1, -0.05) is 0 Å². The SMILES string of the molecule is NC1([N+](=O)[O-])C=C([N+](=O)[O-])C=CC1O. The van der Waals surface area contributed by atoms with Gasteiger partial charge in [-0.15, -0.1) is 0 Å². The van der Waals surface area contributed by atoms with Gasteiger partial charge >= 0.3 is 5.66 Å². The lowest BCUT2D eigenvalue weighted by molar-refractivity contribution is -0.566. The smallest absolute Gasteiger partial charge is 0.327 e. The van der Waals surface area contributed by atoms with Crippen molar-refractivity contribution in [3.05, 3.63) is 44.2 Å². The molecule has 0 spiro atoms. The third-order valence-corrected chi connectivity index (χ3v) is 1.83. The van der Waals surface area contributed by atoms with Gasteiger partial charge in [0, 0.05) is 6.08 Å². The first kappa shape index (κ1) is 10.3. The van der Waals surface area contributed by atoms with Gasteiger partial charge in [0.25, 0.3) is 5.70 Å². The molecule has 1 aliphatic carbocycles. The number of nitro groups is 2. The van der Waals surface area contributed by atoms with Gasteiger partial charge in [0.1, 0.15) is 0 Å². The van der Waals surface area contributed by atoms with Crippen LogP contribution >= 0.6 is 0 Å². The van der Waals surface area contributed by atoms with E-state index in [-0.39, 0.29) is 0 Å². The molecule has 0 saturated carbocycles. The highest BCUT2D eigenvalue weighted by Gasteiger charge is 2.47. The minimum atomic E-state index is -2.32.